The molecule has 1 aliphatic rings. The van der Waals surface area contributed by atoms with Crippen molar-refractivity contribution in [2.45, 2.75) is 6.04 Å². The largest absolute Gasteiger partial charge is 0.379 e. The number of rotatable bonds is 3. The fourth-order valence-corrected chi connectivity index (χ4v) is 2.16. The number of hydrogen-bond donors (Lipinski definition) is 1. The molecule has 1 atom stereocenters. The highest BCUT2D eigenvalue weighted by Gasteiger charge is 2.21. The third-order valence-corrected chi connectivity index (χ3v) is 3.12. The van der Waals surface area contributed by atoms with Gasteiger partial charge in [0.2, 0.25) is 0 Å². The van der Waals surface area contributed by atoms with Crippen LogP contribution in [-0.2, 0) is 4.79 Å². The molecule has 2 N–H and O–H groups in total. The van der Waals surface area contributed by atoms with E-state index in [4.69, 9.17) is 5.73 Å². The van der Waals surface area contributed by atoms with Crippen LogP contribution >= 0.6 is 11.8 Å². The Morgan fingerprint density at radius 1 is 1.44 bits per heavy atom. The lowest BCUT2D eigenvalue weighted by Gasteiger charge is -1.98. The van der Waals surface area contributed by atoms with Gasteiger partial charge in [-0.2, -0.15) is 0 Å². The van der Waals surface area contributed by atoms with E-state index in [9.17, 15) is 4.79 Å². The number of hydrogen-bond acceptors (Lipinski definition) is 4. The van der Waals surface area contributed by atoms with Gasteiger partial charge in [0.1, 0.15) is 6.04 Å². The molecule has 0 aromatic heterocycles. The molecule has 0 radical (unpaired) electrons. The smallest absolute Gasteiger partial charge is 0.181 e. The van der Waals surface area contributed by atoms with E-state index < -0.39 is 0 Å². The lowest BCUT2D eigenvalue weighted by atomic mass is 10.1. The van der Waals surface area contributed by atoms with Crippen LogP contribution in [0.2, 0.25) is 0 Å². The van der Waals surface area contributed by atoms with Crippen LogP contribution in [-0.4, -0.2) is 22.7 Å². The predicted molar refractivity (Wildman–Crippen MR) is 68.4 cm³/mol. The molecule has 1 aromatic rings. The summed E-state index contributed by atoms with van der Waals surface area (Å²) in [6, 6.07) is 9.41. The SMILES string of the molecule is NC1=NC(C(=O)C=Cc2ccccc2)CS1. The van der Waals surface area contributed by atoms with Gasteiger partial charge in [0.05, 0.1) is 0 Å². The molecule has 82 valence electrons. The summed E-state index contributed by atoms with van der Waals surface area (Å²) in [6.07, 6.45) is 3.37. The van der Waals surface area contributed by atoms with Crippen LogP contribution < -0.4 is 5.73 Å². The molecule has 1 aromatic carbocycles. The zero-order valence-corrected chi connectivity index (χ0v) is 9.48. The zero-order valence-electron chi connectivity index (χ0n) is 8.67. The maximum Gasteiger partial charge on any atom is 0.181 e. The summed E-state index contributed by atoms with van der Waals surface area (Å²) in [4.78, 5) is 15.8. The molecule has 2 rings (SSSR count). The quantitative estimate of drug-likeness (QED) is 0.807. The van der Waals surface area contributed by atoms with Crippen molar-refractivity contribution in [1.29, 1.82) is 0 Å². The Morgan fingerprint density at radius 3 is 2.81 bits per heavy atom. The van der Waals surface area contributed by atoms with Gasteiger partial charge in [0.15, 0.2) is 11.0 Å². The molecule has 0 aliphatic carbocycles. The van der Waals surface area contributed by atoms with Crippen molar-refractivity contribution in [2.24, 2.45) is 10.7 Å². The molecule has 1 heterocycles. The summed E-state index contributed by atoms with van der Waals surface area (Å²) in [7, 11) is 0. The third-order valence-electron chi connectivity index (χ3n) is 2.24. The zero-order chi connectivity index (χ0) is 11.4. The van der Waals surface area contributed by atoms with Crippen LogP contribution in [0.4, 0.5) is 0 Å². The molecular formula is C12H12N2OS. The summed E-state index contributed by atoms with van der Waals surface area (Å²) in [6.45, 7) is 0. The van der Waals surface area contributed by atoms with Gasteiger partial charge in [-0.15, -0.1) is 0 Å². The van der Waals surface area contributed by atoms with Crippen molar-refractivity contribution >= 4 is 28.8 Å². The molecule has 0 spiro atoms. The van der Waals surface area contributed by atoms with Crippen molar-refractivity contribution in [3.63, 3.8) is 0 Å². The lowest BCUT2D eigenvalue weighted by molar-refractivity contribution is -0.115. The average molecular weight is 232 g/mol. The summed E-state index contributed by atoms with van der Waals surface area (Å²) >= 11 is 1.43. The summed E-state index contributed by atoms with van der Waals surface area (Å²) in [5.41, 5.74) is 6.52. The Bertz CT molecular complexity index is 440. The molecule has 0 saturated heterocycles. The first-order valence-corrected chi connectivity index (χ1v) is 5.97. The molecule has 0 amide bonds. The van der Waals surface area contributed by atoms with Crippen LogP contribution in [0.1, 0.15) is 5.56 Å². The highest BCUT2D eigenvalue weighted by Crippen LogP contribution is 2.16. The second-order valence-electron chi connectivity index (χ2n) is 3.44. The van der Waals surface area contributed by atoms with Gasteiger partial charge in [-0.05, 0) is 11.6 Å². The Balaban J connectivity index is 2.00. The van der Waals surface area contributed by atoms with Crippen molar-refractivity contribution < 1.29 is 4.79 Å². The second-order valence-corrected chi connectivity index (χ2v) is 4.48. The van der Waals surface area contributed by atoms with Gasteiger partial charge in [0, 0.05) is 5.75 Å². The van der Waals surface area contributed by atoms with E-state index in [1.807, 2.05) is 30.3 Å². The van der Waals surface area contributed by atoms with Gasteiger partial charge < -0.3 is 5.73 Å². The van der Waals surface area contributed by atoms with E-state index in [2.05, 4.69) is 4.99 Å². The maximum absolute atomic E-state index is 11.7. The van der Waals surface area contributed by atoms with E-state index in [1.165, 1.54) is 11.8 Å². The number of amidine groups is 1. The van der Waals surface area contributed by atoms with Crippen molar-refractivity contribution in [3.8, 4) is 0 Å². The minimum absolute atomic E-state index is 0.0109. The number of aliphatic imine (C=N–C) groups is 1. The third kappa shape index (κ3) is 2.73. The highest BCUT2D eigenvalue weighted by atomic mass is 32.2. The first-order chi connectivity index (χ1) is 7.75. The van der Waals surface area contributed by atoms with Crippen molar-refractivity contribution in [3.05, 3.63) is 42.0 Å². The minimum Gasteiger partial charge on any atom is -0.379 e. The molecule has 16 heavy (non-hydrogen) atoms. The number of nitrogens with two attached hydrogens (primary N) is 1. The molecule has 1 unspecified atom stereocenters. The van der Waals surface area contributed by atoms with Gasteiger partial charge in [-0.3, -0.25) is 9.79 Å². The number of carbonyl (C=O) groups is 1. The molecular weight excluding hydrogens is 220 g/mol. The Kier molecular flexibility index (Phi) is 3.41. The molecule has 0 saturated carbocycles. The Morgan fingerprint density at radius 2 is 2.19 bits per heavy atom. The van der Waals surface area contributed by atoms with Gasteiger partial charge in [-0.25, -0.2) is 0 Å². The molecule has 4 heteroatoms. The van der Waals surface area contributed by atoms with E-state index in [1.54, 1.807) is 12.2 Å². The Labute approximate surface area is 98.4 Å². The molecule has 3 nitrogen and oxygen atoms in total. The van der Waals surface area contributed by atoms with Crippen molar-refractivity contribution in [2.75, 3.05) is 5.75 Å². The first kappa shape index (κ1) is 11.0. The summed E-state index contributed by atoms with van der Waals surface area (Å²) < 4.78 is 0. The summed E-state index contributed by atoms with van der Waals surface area (Å²) in [5, 5.41) is 0.506. The number of carbonyl (C=O) groups excluding carboxylic acids is 1. The molecule has 1 aliphatic heterocycles. The fraction of sp³-hybridized carbons (Fsp3) is 0.167. The van der Waals surface area contributed by atoms with Crippen molar-refractivity contribution in [1.82, 2.24) is 0 Å². The number of thioether (sulfide) groups is 1. The van der Waals surface area contributed by atoms with Crippen LogP contribution in [0.25, 0.3) is 6.08 Å². The van der Waals surface area contributed by atoms with Gasteiger partial charge in [0.25, 0.3) is 0 Å². The van der Waals surface area contributed by atoms with Crippen LogP contribution in [0.3, 0.4) is 0 Å². The standard InChI is InChI=1S/C12H12N2OS/c13-12-14-10(8-16-12)11(15)7-6-9-4-2-1-3-5-9/h1-7,10H,8H2,(H2,13,14). The fourth-order valence-electron chi connectivity index (χ4n) is 1.39. The van der Waals surface area contributed by atoms with Gasteiger partial charge in [-0.1, -0.05) is 48.2 Å². The second kappa shape index (κ2) is 4.99. The highest BCUT2D eigenvalue weighted by molar-refractivity contribution is 8.14. The Hall–Kier alpha value is -1.55. The van der Waals surface area contributed by atoms with Crippen LogP contribution in [0.15, 0.2) is 41.4 Å². The number of ketones is 1. The predicted octanol–water partition coefficient (Wildman–Crippen LogP) is 1.70. The maximum atomic E-state index is 11.7. The number of nitrogens with zero attached hydrogens (tertiary/aromatic N) is 1. The van der Waals surface area contributed by atoms with E-state index in [0.717, 1.165) is 5.56 Å². The van der Waals surface area contributed by atoms with Gasteiger partial charge >= 0.3 is 0 Å². The van der Waals surface area contributed by atoms with E-state index in [-0.39, 0.29) is 11.8 Å². The monoisotopic (exact) mass is 232 g/mol. The molecule has 0 fully saturated rings. The minimum atomic E-state index is -0.301. The topological polar surface area (TPSA) is 55.4 Å². The van der Waals surface area contributed by atoms with E-state index >= 15 is 0 Å². The lowest BCUT2D eigenvalue weighted by Crippen LogP contribution is -2.16. The van der Waals surface area contributed by atoms with E-state index in [0.29, 0.717) is 10.9 Å². The van der Waals surface area contributed by atoms with Crippen LogP contribution in [0.5, 0.6) is 0 Å². The molecule has 0 bridgehead atoms. The van der Waals surface area contributed by atoms with Crippen LogP contribution in [0, 0.1) is 0 Å². The summed E-state index contributed by atoms with van der Waals surface area (Å²) in [5.74, 6) is 0.667. The first-order valence-electron chi connectivity index (χ1n) is 4.99. The number of benzene rings is 1. The normalized spacial score (nSPS) is 20.0. The average Bonchev–Trinajstić information content (AvgIpc) is 2.74.